The summed E-state index contributed by atoms with van der Waals surface area (Å²) in [6.07, 6.45) is 4.96. The molecule has 0 aliphatic heterocycles. The van der Waals surface area contributed by atoms with Crippen LogP contribution in [0.5, 0.6) is 0 Å². The van der Waals surface area contributed by atoms with Gasteiger partial charge in [0, 0.05) is 6.04 Å². The van der Waals surface area contributed by atoms with Crippen molar-refractivity contribution in [3.05, 3.63) is 23.7 Å². The summed E-state index contributed by atoms with van der Waals surface area (Å²) in [7, 11) is 0. The van der Waals surface area contributed by atoms with Crippen LogP contribution >= 0.6 is 0 Å². The van der Waals surface area contributed by atoms with Gasteiger partial charge in [0.05, 0.1) is 13.1 Å². The van der Waals surface area contributed by atoms with Crippen LogP contribution in [0.2, 0.25) is 0 Å². The van der Waals surface area contributed by atoms with Gasteiger partial charge in [-0.3, -0.25) is 4.79 Å². The number of carbonyl (C=O) groups excluding carboxylic acids is 1. The highest BCUT2D eigenvalue weighted by Crippen LogP contribution is 2.17. The van der Waals surface area contributed by atoms with E-state index < -0.39 is 0 Å². The van der Waals surface area contributed by atoms with Crippen molar-refractivity contribution in [3.8, 4) is 0 Å². The molecule has 2 rings (SSSR count). The second-order valence-electron chi connectivity index (χ2n) is 4.65. The minimum absolute atomic E-state index is 0.0333. The van der Waals surface area contributed by atoms with Crippen molar-refractivity contribution >= 4 is 5.91 Å². The molecule has 1 fully saturated rings. The molecule has 1 heterocycles. The van der Waals surface area contributed by atoms with Crippen LogP contribution in [0.4, 0.5) is 0 Å². The number of carbonyl (C=O) groups is 1. The topological polar surface area (TPSA) is 54.3 Å². The van der Waals surface area contributed by atoms with E-state index in [-0.39, 0.29) is 5.91 Å². The van der Waals surface area contributed by atoms with Crippen LogP contribution in [-0.4, -0.2) is 18.5 Å². The van der Waals surface area contributed by atoms with E-state index in [1.807, 2.05) is 19.1 Å². The molecule has 1 aliphatic carbocycles. The molecule has 4 nitrogen and oxygen atoms in total. The highest BCUT2D eigenvalue weighted by molar-refractivity contribution is 5.77. The monoisotopic (exact) mass is 236 g/mol. The first-order valence-corrected chi connectivity index (χ1v) is 6.29. The Labute approximate surface area is 102 Å². The summed E-state index contributed by atoms with van der Waals surface area (Å²) in [4.78, 5) is 11.6. The van der Waals surface area contributed by atoms with Crippen LogP contribution in [0.1, 0.15) is 37.2 Å². The van der Waals surface area contributed by atoms with Crippen LogP contribution in [0.15, 0.2) is 16.5 Å². The lowest BCUT2D eigenvalue weighted by atomic mass is 10.2. The van der Waals surface area contributed by atoms with Crippen LogP contribution < -0.4 is 10.6 Å². The van der Waals surface area contributed by atoms with Crippen LogP contribution in [0, 0.1) is 6.92 Å². The fourth-order valence-corrected chi connectivity index (χ4v) is 2.20. The molecule has 0 unspecified atom stereocenters. The van der Waals surface area contributed by atoms with Gasteiger partial charge in [-0.2, -0.15) is 0 Å². The van der Waals surface area contributed by atoms with Crippen molar-refractivity contribution in [1.82, 2.24) is 10.6 Å². The van der Waals surface area contributed by atoms with Crippen molar-refractivity contribution in [2.75, 3.05) is 6.54 Å². The summed E-state index contributed by atoms with van der Waals surface area (Å²) in [6, 6.07) is 4.32. The molecule has 0 aromatic carbocycles. The number of rotatable bonds is 5. The van der Waals surface area contributed by atoms with Gasteiger partial charge in [0.2, 0.25) is 5.91 Å². The molecular formula is C13H20N2O2. The Morgan fingerprint density at radius 3 is 2.82 bits per heavy atom. The van der Waals surface area contributed by atoms with Gasteiger partial charge in [-0.15, -0.1) is 0 Å². The number of nitrogens with one attached hydrogen (secondary N) is 2. The fraction of sp³-hybridized carbons (Fsp3) is 0.615. The fourth-order valence-electron chi connectivity index (χ4n) is 2.20. The van der Waals surface area contributed by atoms with Crippen LogP contribution in [0.3, 0.4) is 0 Å². The van der Waals surface area contributed by atoms with Gasteiger partial charge in [0.25, 0.3) is 0 Å². The summed E-state index contributed by atoms with van der Waals surface area (Å²) >= 11 is 0. The van der Waals surface area contributed by atoms with E-state index in [2.05, 4.69) is 10.6 Å². The van der Waals surface area contributed by atoms with E-state index in [1.165, 1.54) is 25.7 Å². The van der Waals surface area contributed by atoms with Crippen molar-refractivity contribution in [2.24, 2.45) is 0 Å². The quantitative estimate of drug-likeness (QED) is 0.818. The molecule has 0 radical (unpaired) electrons. The first-order chi connectivity index (χ1) is 8.24. The molecule has 94 valence electrons. The zero-order valence-corrected chi connectivity index (χ0v) is 10.3. The van der Waals surface area contributed by atoms with E-state index in [0.29, 0.717) is 19.1 Å². The second kappa shape index (κ2) is 5.87. The number of hydrogen-bond donors (Lipinski definition) is 2. The summed E-state index contributed by atoms with van der Waals surface area (Å²) in [6.45, 7) is 2.77. The lowest BCUT2D eigenvalue weighted by Gasteiger charge is -2.11. The minimum atomic E-state index is 0.0333. The number of furan rings is 1. The molecule has 1 saturated carbocycles. The minimum Gasteiger partial charge on any atom is -0.465 e. The van der Waals surface area contributed by atoms with E-state index in [0.717, 1.165) is 11.5 Å². The van der Waals surface area contributed by atoms with Gasteiger partial charge in [0.1, 0.15) is 11.5 Å². The average Bonchev–Trinajstić information content (AvgIpc) is 2.95. The Hall–Kier alpha value is -1.29. The maximum absolute atomic E-state index is 11.6. The maximum Gasteiger partial charge on any atom is 0.234 e. The molecule has 1 amide bonds. The maximum atomic E-state index is 11.6. The molecule has 2 N–H and O–H groups in total. The van der Waals surface area contributed by atoms with Crippen molar-refractivity contribution in [2.45, 2.75) is 45.2 Å². The van der Waals surface area contributed by atoms with Gasteiger partial charge in [-0.1, -0.05) is 12.8 Å². The van der Waals surface area contributed by atoms with Gasteiger partial charge in [0.15, 0.2) is 0 Å². The van der Waals surface area contributed by atoms with Gasteiger partial charge < -0.3 is 15.1 Å². The van der Waals surface area contributed by atoms with Crippen molar-refractivity contribution in [3.63, 3.8) is 0 Å². The molecule has 0 bridgehead atoms. The predicted octanol–water partition coefficient (Wildman–Crippen LogP) is 1.74. The smallest absolute Gasteiger partial charge is 0.234 e. The first kappa shape index (κ1) is 12.2. The molecule has 17 heavy (non-hydrogen) atoms. The Bertz CT molecular complexity index is 367. The normalized spacial score (nSPS) is 16.3. The van der Waals surface area contributed by atoms with E-state index in [1.54, 1.807) is 0 Å². The van der Waals surface area contributed by atoms with E-state index in [9.17, 15) is 4.79 Å². The first-order valence-electron chi connectivity index (χ1n) is 6.29. The molecule has 4 heteroatoms. The molecule has 0 spiro atoms. The Balaban J connectivity index is 1.63. The van der Waals surface area contributed by atoms with Gasteiger partial charge in [-0.05, 0) is 31.9 Å². The highest BCUT2D eigenvalue weighted by Gasteiger charge is 2.15. The summed E-state index contributed by atoms with van der Waals surface area (Å²) < 4.78 is 5.38. The predicted molar refractivity (Wildman–Crippen MR) is 65.6 cm³/mol. The highest BCUT2D eigenvalue weighted by atomic mass is 16.3. The van der Waals surface area contributed by atoms with Crippen LogP contribution in [-0.2, 0) is 11.3 Å². The number of aryl methyl sites for hydroxylation is 1. The second-order valence-corrected chi connectivity index (χ2v) is 4.65. The lowest BCUT2D eigenvalue weighted by molar-refractivity contribution is -0.120. The zero-order chi connectivity index (χ0) is 12.1. The third kappa shape index (κ3) is 3.89. The molecule has 0 saturated heterocycles. The summed E-state index contributed by atoms with van der Waals surface area (Å²) in [5.41, 5.74) is 0. The van der Waals surface area contributed by atoms with Crippen LogP contribution in [0.25, 0.3) is 0 Å². The zero-order valence-electron chi connectivity index (χ0n) is 10.3. The molecule has 1 aliphatic rings. The SMILES string of the molecule is Cc1ccc(CNC(=O)CNC2CCCC2)o1. The summed E-state index contributed by atoms with van der Waals surface area (Å²) in [5, 5.41) is 6.12. The number of hydrogen-bond acceptors (Lipinski definition) is 3. The van der Waals surface area contributed by atoms with Crippen molar-refractivity contribution < 1.29 is 9.21 Å². The third-order valence-corrected chi connectivity index (χ3v) is 3.16. The lowest BCUT2D eigenvalue weighted by Crippen LogP contribution is -2.37. The Morgan fingerprint density at radius 1 is 1.41 bits per heavy atom. The summed E-state index contributed by atoms with van der Waals surface area (Å²) in [5.74, 6) is 1.71. The Kier molecular flexibility index (Phi) is 4.20. The number of amides is 1. The molecule has 0 atom stereocenters. The largest absolute Gasteiger partial charge is 0.465 e. The Morgan fingerprint density at radius 2 is 2.18 bits per heavy atom. The van der Waals surface area contributed by atoms with E-state index >= 15 is 0 Å². The molecule has 1 aromatic rings. The van der Waals surface area contributed by atoms with Crippen molar-refractivity contribution in [1.29, 1.82) is 0 Å². The average molecular weight is 236 g/mol. The van der Waals surface area contributed by atoms with Gasteiger partial charge >= 0.3 is 0 Å². The molecular weight excluding hydrogens is 216 g/mol. The third-order valence-electron chi connectivity index (χ3n) is 3.16. The van der Waals surface area contributed by atoms with Gasteiger partial charge in [-0.25, -0.2) is 0 Å². The molecule has 1 aromatic heterocycles. The standard InChI is InChI=1S/C13H20N2O2/c1-10-6-7-12(17-10)8-15-13(16)9-14-11-4-2-3-5-11/h6-7,11,14H,2-5,8-9H2,1H3,(H,15,16). The van der Waals surface area contributed by atoms with E-state index in [4.69, 9.17) is 4.42 Å².